The summed E-state index contributed by atoms with van der Waals surface area (Å²) in [5.74, 6) is 0.949. The smallest absolute Gasteiger partial charge is 0.251 e. The van der Waals surface area contributed by atoms with Crippen LogP contribution in [0, 0.1) is 23.7 Å². The van der Waals surface area contributed by atoms with Gasteiger partial charge in [-0.1, -0.05) is 164 Å². The first-order valence-corrected chi connectivity index (χ1v) is 28.4. The Morgan fingerprint density at radius 3 is 1.28 bits per heavy atom. The van der Waals surface area contributed by atoms with Crippen molar-refractivity contribution in [1.82, 2.24) is 20.4 Å². The van der Waals surface area contributed by atoms with Crippen LogP contribution in [0.2, 0.25) is 0 Å². The normalized spacial score (nSPS) is 27.0. The van der Waals surface area contributed by atoms with E-state index in [-0.39, 0.29) is 59.6 Å². The first kappa shape index (κ1) is 51.3. The lowest BCUT2D eigenvalue weighted by Gasteiger charge is -2.42. The van der Waals surface area contributed by atoms with Crippen molar-refractivity contribution in [3.05, 3.63) is 131 Å². The van der Waals surface area contributed by atoms with E-state index in [9.17, 15) is 19.2 Å². The number of nitrogens with zero attached hydrogens (tertiary/aromatic N) is 2. The highest BCUT2D eigenvalue weighted by Gasteiger charge is 2.49. The van der Waals surface area contributed by atoms with Gasteiger partial charge < -0.3 is 31.1 Å². The second-order valence-electron chi connectivity index (χ2n) is 21.9. The Morgan fingerprint density at radius 2 is 0.861 bits per heavy atom. The minimum absolute atomic E-state index is 0.0704. The number of carbonyl (C=O) groups excluding carboxylic acids is 4. The topological polar surface area (TPSA) is 123 Å². The van der Waals surface area contributed by atoms with E-state index in [4.69, 9.17) is 0 Å². The maximum absolute atomic E-state index is 14.2. The van der Waals surface area contributed by atoms with E-state index in [2.05, 4.69) is 93.4 Å². The van der Waals surface area contributed by atoms with Gasteiger partial charge in [-0.2, -0.15) is 0 Å². The molecule has 6 aliphatic rings. The van der Waals surface area contributed by atoms with E-state index in [1.54, 1.807) is 0 Å². The Bertz CT molecular complexity index is 2250. The number of unbranched alkanes of at least 4 members (excludes halogenated alkanes) is 6. The molecule has 4 heterocycles. The van der Waals surface area contributed by atoms with Gasteiger partial charge in [0.15, 0.2) is 0 Å². The zero-order valence-electron chi connectivity index (χ0n) is 43.2. The molecule has 4 fully saturated rings. The second kappa shape index (κ2) is 24.9. The Labute approximate surface area is 430 Å². The number of hydrogen-bond acceptors (Lipinski definition) is 6. The summed E-state index contributed by atoms with van der Waals surface area (Å²) in [5, 5.41) is 14.1. The van der Waals surface area contributed by atoms with Crippen molar-refractivity contribution >= 4 is 35.0 Å². The lowest BCUT2D eigenvalue weighted by atomic mass is 9.79. The van der Waals surface area contributed by atoms with Crippen LogP contribution in [0.15, 0.2) is 109 Å². The third kappa shape index (κ3) is 11.7. The molecule has 72 heavy (non-hydrogen) atoms. The van der Waals surface area contributed by atoms with Gasteiger partial charge in [0.1, 0.15) is 0 Å². The van der Waals surface area contributed by atoms with Crippen LogP contribution in [0.4, 0.5) is 11.4 Å². The summed E-state index contributed by atoms with van der Waals surface area (Å²) in [6.07, 6.45) is 22.2. The van der Waals surface area contributed by atoms with Crippen LogP contribution in [-0.4, -0.2) is 70.7 Å². The van der Waals surface area contributed by atoms with Crippen molar-refractivity contribution in [1.29, 1.82) is 0 Å². The van der Waals surface area contributed by atoms with Gasteiger partial charge in [0.05, 0.1) is 23.9 Å². The molecular weight excluding hydrogens is 893 g/mol. The Morgan fingerprint density at radius 1 is 0.472 bits per heavy atom. The number of anilines is 2. The number of carbonyl (C=O) groups is 4. The fourth-order valence-electron chi connectivity index (χ4n) is 13.6. The second-order valence-corrected chi connectivity index (χ2v) is 21.9. The van der Waals surface area contributed by atoms with E-state index in [0.717, 1.165) is 90.1 Å². The number of rotatable bonds is 16. The van der Waals surface area contributed by atoms with Gasteiger partial charge >= 0.3 is 0 Å². The zero-order valence-corrected chi connectivity index (χ0v) is 43.2. The molecule has 2 aliphatic carbocycles. The molecule has 0 spiro atoms. The van der Waals surface area contributed by atoms with Gasteiger partial charge in [-0.3, -0.25) is 19.2 Å². The van der Waals surface area contributed by atoms with Gasteiger partial charge in [-0.05, 0) is 98.9 Å². The van der Waals surface area contributed by atoms with Gasteiger partial charge in [-0.25, -0.2) is 0 Å². The van der Waals surface area contributed by atoms with E-state index in [0.29, 0.717) is 35.0 Å². The van der Waals surface area contributed by atoms with Gasteiger partial charge in [-0.15, -0.1) is 0 Å². The standard InChI is InChI=1S/2C31H41N3O2/c2*1-2-3-4-8-17-27-24-20-21-34(29(24)23-15-9-11-18-26(23)32-27)31(36)25-16-10-12-19-28(25)33-30(35)22-13-6-5-7-14-22/h2*5-7,9,11,13-15,18,24-25,27-29,32H,2-4,8,10,12,16-17,19-21H2,1H3,(H,33,35)/t24-,25+,27+,28-,29+;24-,25-,27+,28+,29+/m10/s1. The number of amides is 4. The van der Waals surface area contributed by atoms with Crippen LogP contribution >= 0.6 is 0 Å². The molecule has 10 rings (SSSR count). The lowest BCUT2D eigenvalue weighted by molar-refractivity contribution is -0.139. The van der Waals surface area contributed by atoms with Crippen molar-refractivity contribution in [3.8, 4) is 0 Å². The van der Waals surface area contributed by atoms with E-state index in [1.807, 2.05) is 60.7 Å². The predicted octanol–water partition coefficient (Wildman–Crippen LogP) is 12.7. The van der Waals surface area contributed by atoms with Crippen molar-refractivity contribution in [2.75, 3.05) is 23.7 Å². The average molecular weight is 975 g/mol. The van der Waals surface area contributed by atoms with Crippen LogP contribution < -0.4 is 21.3 Å². The molecule has 0 bridgehead atoms. The lowest BCUT2D eigenvalue weighted by Crippen LogP contribution is -2.50. The average Bonchev–Trinajstić information content (AvgIpc) is 4.09. The van der Waals surface area contributed by atoms with Crippen molar-refractivity contribution < 1.29 is 19.2 Å². The molecular formula is C62H82N6O4. The van der Waals surface area contributed by atoms with Crippen LogP contribution in [0.25, 0.3) is 0 Å². The van der Waals surface area contributed by atoms with Crippen LogP contribution in [0.1, 0.15) is 186 Å². The molecule has 2 saturated heterocycles. The maximum atomic E-state index is 14.2. The minimum atomic E-state index is -0.143. The van der Waals surface area contributed by atoms with Gasteiger partial charge in [0.2, 0.25) is 11.8 Å². The molecule has 10 heteroatoms. The molecule has 4 amide bonds. The first-order chi connectivity index (χ1) is 35.3. The highest BCUT2D eigenvalue weighted by Crippen LogP contribution is 2.50. The largest absolute Gasteiger partial charge is 0.382 e. The number of likely N-dealkylation sites (tertiary alicyclic amines) is 2. The molecule has 4 aromatic carbocycles. The quantitative estimate of drug-likeness (QED) is 0.0830. The summed E-state index contributed by atoms with van der Waals surface area (Å²) in [4.78, 5) is 58.5. The summed E-state index contributed by atoms with van der Waals surface area (Å²) in [7, 11) is 0. The molecule has 10 atom stereocenters. The molecule has 0 aromatic heterocycles. The first-order valence-electron chi connectivity index (χ1n) is 28.4. The highest BCUT2D eigenvalue weighted by atomic mass is 16.2. The van der Waals surface area contributed by atoms with Crippen LogP contribution in [0.3, 0.4) is 0 Å². The summed E-state index contributed by atoms with van der Waals surface area (Å²) in [6.45, 7) is 6.13. The fourth-order valence-corrected chi connectivity index (χ4v) is 13.6. The van der Waals surface area contributed by atoms with Crippen molar-refractivity contribution in [2.45, 2.75) is 179 Å². The Balaban J connectivity index is 0.000000178. The van der Waals surface area contributed by atoms with E-state index >= 15 is 0 Å². The molecule has 10 nitrogen and oxygen atoms in total. The molecule has 0 unspecified atom stereocenters. The Kier molecular flexibility index (Phi) is 17.7. The minimum Gasteiger partial charge on any atom is -0.382 e. The molecule has 4 aromatic rings. The van der Waals surface area contributed by atoms with Gasteiger partial charge in [0.25, 0.3) is 11.8 Å². The van der Waals surface area contributed by atoms with Crippen LogP contribution in [0.5, 0.6) is 0 Å². The number of para-hydroxylation sites is 2. The molecule has 4 aliphatic heterocycles. The molecule has 0 radical (unpaired) electrons. The van der Waals surface area contributed by atoms with Crippen LogP contribution in [-0.2, 0) is 9.59 Å². The van der Waals surface area contributed by atoms with Gasteiger partial charge in [0, 0.05) is 71.6 Å². The predicted molar refractivity (Wildman–Crippen MR) is 290 cm³/mol. The van der Waals surface area contributed by atoms with Crippen molar-refractivity contribution in [2.24, 2.45) is 23.7 Å². The van der Waals surface area contributed by atoms with Crippen molar-refractivity contribution in [3.63, 3.8) is 0 Å². The zero-order chi connectivity index (χ0) is 49.8. The fraction of sp³-hybridized carbons (Fsp3) is 0.548. The third-order valence-electron chi connectivity index (χ3n) is 17.3. The maximum Gasteiger partial charge on any atom is 0.251 e. The highest BCUT2D eigenvalue weighted by molar-refractivity contribution is 5.95. The van der Waals surface area contributed by atoms with E-state index < -0.39 is 0 Å². The Hall–Kier alpha value is -5.64. The number of hydrogen-bond donors (Lipinski definition) is 4. The SMILES string of the molecule is CCCCCC[C@@H]1Nc2ccccc2[C@H]2[C@@H]1CCN2C(=O)[C@H]1CCCC[C@H]1NC(=O)c1ccccc1.CCCCCC[C@H]1Nc2ccccc2[C@@H]2[C@H]1CCN2C(=O)[C@H]1CCCC[C@H]1NC(=O)c1ccccc1. The molecule has 2 saturated carbocycles. The third-order valence-corrected chi connectivity index (χ3v) is 17.3. The summed E-state index contributed by atoms with van der Waals surface area (Å²) in [5.41, 5.74) is 6.23. The monoisotopic (exact) mass is 975 g/mol. The number of nitrogens with one attached hydrogen (secondary N) is 4. The molecule has 384 valence electrons. The summed E-state index contributed by atoms with van der Waals surface area (Å²) >= 11 is 0. The molecule has 4 N–H and O–H groups in total. The van der Waals surface area contributed by atoms with E-state index in [1.165, 1.54) is 73.9 Å². The number of benzene rings is 4. The number of fused-ring (bicyclic) bond motifs is 6. The summed E-state index contributed by atoms with van der Waals surface area (Å²) < 4.78 is 0. The summed E-state index contributed by atoms with van der Waals surface area (Å²) in [6, 6.07) is 36.8.